The van der Waals surface area contributed by atoms with Crippen LogP contribution in [0.25, 0.3) is 5.69 Å². The summed E-state index contributed by atoms with van der Waals surface area (Å²) in [5, 5.41) is 12.1. The molecule has 1 aromatic heterocycles. The summed E-state index contributed by atoms with van der Waals surface area (Å²) in [6.45, 7) is 0.281. The summed E-state index contributed by atoms with van der Waals surface area (Å²) in [6, 6.07) is 28.5. The predicted octanol–water partition coefficient (Wildman–Crippen LogP) is 4.74. The van der Waals surface area contributed by atoms with Crippen molar-refractivity contribution in [3.63, 3.8) is 0 Å². The maximum Gasteiger partial charge on any atom is 0.262 e. The number of hydrogen-bond donors (Lipinski definition) is 1. The first-order valence-corrected chi connectivity index (χ1v) is 15.4. The highest BCUT2D eigenvalue weighted by Gasteiger charge is 2.42. The summed E-state index contributed by atoms with van der Waals surface area (Å²) >= 11 is 6.38. The molecule has 3 amide bonds. The molecule has 1 atom stereocenters. The van der Waals surface area contributed by atoms with Crippen LogP contribution < -0.4 is 5.32 Å². The molecule has 0 bridgehead atoms. The van der Waals surface area contributed by atoms with Gasteiger partial charge in [0, 0.05) is 22.6 Å². The fraction of sp³-hybridized carbons (Fsp3) is 0.167. The standard InChI is InChI=1S/C36H31ClN6O4/c1-41(2)22-32-40-39-31(42(32)29-18-17-25(37)20-28(29)33(44)24-13-7-4-8-14-24)21-38-34(45)30(19-23-11-5-3-6-12-23)43-35(46)26-15-9-10-16-27(26)36(43)47/h3-18,20,30H,19,21-22H2,1-2H3,(H,38,45). The van der Waals surface area contributed by atoms with Crippen molar-refractivity contribution < 1.29 is 19.2 Å². The summed E-state index contributed by atoms with van der Waals surface area (Å²) < 4.78 is 1.74. The average Bonchev–Trinajstić information content (AvgIpc) is 3.59. The molecule has 2 heterocycles. The lowest BCUT2D eigenvalue weighted by atomic mass is 10.0. The van der Waals surface area contributed by atoms with E-state index < -0.39 is 23.8 Å². The van der Waals surface area contributed by atoms with Gasteiger partial charge in [0.2, 0.25) is 5.91 Å². The molecular formula is C36H31ClN6O4. The topological polar surface area (TPSA) is 118 Å². The number of fused-ring (bicyclic) bond motifs is 1. The van der Waals surface area contributed by atoms with Gasteiger partial charge in [-0.2, -0.15) is 0 Å². The predicted molar refractivity (Wildman–Crippen MR) is 176 cm³/mol. The largest absolute Gasteiger partial charge is 0.347 e. The zero-order valence-corrected chi connectivity index (χ0v) is 26.5. The van der Waals surface area contributed by atoms with Gasteiger partial charge in [0.1, 0.15) is 6.04 Å². The molecular weight excluding hydrogens is 616 g/mol. The van der Waals surface area contributed by atoms with Gasteiger partial charge in [0.15, 0.2) is 17.4 Å². The molecule has 0 fully saturated rings. The maximum atomic E-state index is 14.0. The smallest absolute Gasteiger partial charge is 0.262 e. The van der Waals surface area contributed by atoms with E-state index in [1.165, 1.54) is 0 Å². The van der Waals surface area contributed by atoms with Gasteiger partial charge in [-0.25, -0.2) is 0 Å². The van der Waals surface area contributed by atoms with Crippen LogP contribution in [0, 0.1) is 0 Å². The van der Waals surface area contributed by atoms with Crippen molar-refractivity contribution in [3.05, 3.63) is 148 Å². The first-order chi connectivity index (χ1) is 22.7. The Morgan fingerprint density at radius 2 is 1.40 bits per heavy atom. The van der Waals surface area contributed by atoms with Crippen molar-refractivity contribution in [1.29, 1.82) is 0 Å². The SMILES string of the molecule is CN(C)Cc1nnc(CNC(=O)C(Cc2ccccc2)N2C(=O)c3ccccc3C2=O)n1-c1ccc(Cl)cc1C(=O)c1ccccc1. The highest BCUT2D eigenvalue weighted by atomic mass is 35.5. The Balaban J connectivity index is 1.35. The monoisotopic (exact) mass is 646 g/mol. The van der Waals surface area contributed by atoms with E-state index in [0.717, 1.165) is 10.5 Å². The fourth-order valence-corrected chi connectivity index (χ4v) is 5.85. The quantitative estimate of drug-likeness (QED) is 0.163. The second-order valence-electron chi connectivity index (χ2n) is 11.4. The minimum Gasteiger partial charge on any atom is -0.347 e. The molecule has 10 nitrogen and oxygen atoms in total. The first-order valence-electron chi connectivity index (χ1n) is 15.0. The molecule has 0 spiro atoms. The van der Waals surface area contributed by atoms with E-state index in [1.807, 2.05) is 55.4 Å². The van der Waals surface area contributed by atoms with E-state index in [-0.39, 0.29) is 29.9 Å². The van der Waals surface area contributed by atoms with Crippen molar-refractivity contribution in [3.8, 4) is 5.69 Å². The Labute approximate surface area is 276 Å². The van der Waals surface area contributed by atoms with E-state index in [9.17, 15) is 19.2 Å². The molecule has 1 aliphatic rings. The van der Waals surface area contributed by atoms with Crippen LogP contribution in [0.5, 0.6) is 0 Å². The number of rotatable bonds is 11. The molecule has 0 aliphatic carbocycles. The number of nitrogens with zero attached hydrogens (tertiary/aromatic N) is 5. The molecule has 1 N–H and O–H groups in total. The molecule has 11 heteroatoms. The summed E-state index contributed by atoms with van der Waals surface area (Å²) in [5.41, 5.74) is 2.62. The molecule has 4 aromatic carbocycles. The van der Waals surface area contributed by atoms with E-state index in [1.54, 1.807) is 71.3 Å². The molecule has 47 heavy (non-hydrogen) atoms. The van der Waals surface area contributed by atoms with Gasteiger partial charge in [-0.3, -0.25) is 28.6 Å². The zero-order valence-electron chi connectivity index (χ0n) is 25.8. The summed E-state index contributed by atoms with van der Waals surface area (Å²) in [5.74, 6) is -0.947. The van der Waals surface area contributed by atoms with E-state index in [2.05, 4.69) is 15.5 Å². The Hall–Kier alpha value is -5.45. The highest BCUT2D eigenvalue weighted by Crippen LogP contribution is 2.28. The van der Waals surface area contributed by atoms with Crippen LogP contribution in [-0.4, -0.2) is 68.2 Å². The Morgan fingerprint density at radius 3 is 2.04 bits per heavy atom. The van der Waals surface area contributed by atoms with Crippen LogP contribution in [0.15, 0.2) is 103 Å². The number of halogens is 1. The molecule has 6 rings (SSSR count). The van der Waals surface area contributed by atoms with E-state index in [0.29, 0.717) is 40.0 Å². The van der Waals surface area contributed by atoms with Gasteiger partial charge in [0.05, 0.1) is 29.9 Å². The van der Waals surface area contributed by atoms with Gasteiger partial charge < -0.3 is 10.2 Å². The average molecular weight is 647 g/mol. The van der Waals surface area contributed by atoms with Crippen LogP contribution in [0.1, 0.15) is 53.8 Å². The molecule has 5 aromatic rings. The summed E-state index contributed by atoms with van der Waals surface area (Å²) in [7, 11) is 3.77. The van der Waals surface area contributed by atoms with Gasteiger partial charge in [-0.05, 0) is 50.0 Å². The van der Waals surface area contributed by atoms with Crippen molar-refractivity contribution in [2.24, 2.45) is 0 Å². The van der Waals surface area contributed by atoms with Crippen molar-refractivity contribution >= 4 is 35.1 Å². The number of benzene rings is 4. The number of hydrogen-bond acceptors (Lipinski definition) is 7. The molecule has 0 saturated carbocycles. The number of aromatic nitrogens is 3. The number of amides is 3. The molecule has 236 valence electrons. The van der Waals surface area contributed by atoms with E-state index >= 15 is 0 Å². The number of nitrogens with one attached hydrogen (secondary N) is 1. The van der Waals surface area contributed by atoms with Gasteiger partial charge in [-0.15, -0.1) is 10.2 Å². The van der Waals surface area contributed by atoms with Crippen LogP contribution in [0.3, 0.4) is 0 Å². The number of carbonyl (C=O) groups is 4. The van der Waals surface area contributed by atoms with Crippen molar-refractivity contribution in [2.75, 3.05) is 14.1 Å². The van der Waals surface area contributed by atoms with Gasteiger partial charge >= 0.3 is 0 Å². The molecule has 0 saturated heterocycles. The van der Waals surface area contributed by atoms with Crippen LogP contribution >= 0.6 is 11.6 Å². The summed E-state index contributed by atoms with van der Waals surface area (Å²) in [6.07, 6.45) is 0.115. The van der Waals surface area contributed by atoms with Crippen LogP contribution in [0.4, 0.5) is 0 Å². The molecule has 1 unspecified atom stereocenters. The Kier molecular flexibility index (Phi) is 9.05. The second kappa shape index (κ2) is 13.5. The minimum atomic E-state index is -1.13. The minimum absolute atomic E-state index is 0.102. The van der Waals surface area contributed by atoms with Crippen LogP contribution in [0.2, 0.25) is 5.02 Å². The third-order valence-corrected chi connectivity index (χ3v) is 8.10. The lowest BCUT2D eigenvalue weighted by Gasteiger charge is -2.25. The van der Waals surface area contributed by atoms with Gasteiger partial charge in [0.25, 0.3) is 11.8 Å². The highest BCUT2D eigenvalue weighted by molar-refractivity contribution is 6.31. The number of ketones is 1. The number of imide groups is 1. The van der Waals surface area contributed by atoms with Gasteiger partial charge in [-0.1, -0.05) is 84.4 Å². The summed E-state index contributed by atoms with van der Waals surface area (Å²) in [4.78, 5) is 57.6. The normalized spacial score (nSPS) is 13.1. The van der Waals surface area contributed by atoms with Crippen LogP contribution in [-0.2, 0) is 24.3 Å². The lowest BCUT2D eigenvalue weighted by Crippen LogP contribution is -2.50. The van der Waals surface area contributed by atoms with E-state index in [4.69, 9.17) is 11.6 Å². The fourth-order valence-electron chi connectivity index (χ4n) is 5.68. The first kappa shape index (κ1) is 31.5. The molecule has 1 aliphatic heterocycles. The Bertz CT molecular complexity index is 1940. The Morgan fingerprint density at radius 1 is 0.809 bits per heavy atom. The maximum absolute atomic E-state index is 14.0. The third kappa shape index (κ3) is 6.46. The second-order valence-corrected chi connectivity index (χ2v) is 11.8. The third-order valence-electron chi connectivity index (χ3n) is 7.87. The zero-order chi connectivity index (χ0) is 33.1. The lowest BCUT2D eigenvalue weighted by molar-refractivity contribution is -0.125. The van der Waals surface area contributed by atoms with Crippen molar-refractivity contribution in [2.45, 2.75) is 25.6 Å². The number of carbonyl (C=O) groups excluding carboxylic acids is 4. The van der Waals surface area contributed by atoms with Crippen molar-refractivity contribution in [1.82, 2.24) is 29.9 Å². The molecule has 0 radical (unpaired) electrons.